The lowest BCUT2D eigenvalue weighted by atomic mass is 10.1. The number of benzene rings is 3. The molecule has 0 saturated carbocycles. The van der Waals surface area contributed by atoms with Crippen molar-refractivity contribution >= 4 is 57.1 Å². The quantitative estimate of drug-likeness (QED) is 0.254. The van der Waals surface area contributed by atoms with Gasteiger partial charge in [-0.3, -0.25) is 9.69 Å². The molecule has 1 aromatic heterocycles. The molecular weight excluding hydrogens is 486 g/mol. The Balaban J connectivity index is 1.58. The number of aromatic nitrogens is 1. The van der Waals surface area contributed by atoms with Crippen molar-refractivity contribution in [3.63, 3.8) is 0 Å². The lowest BCUT2D eigenvalue weighted by molar-refractivity contribution is -0.122. The van der Waals surface area contributed by atoms with Gasteiger partial charge in [-0.25, -0.2) is 4.99 Å². The van der Waals surface area contributed by atoms with Crippen molar-refractivity contribution in [2.45, 2.75) is 34.2 Å². The minimum Gasteiger partial charge on any atom is -0.340 e. The van der Waals surface area contributed by atoms with Gasteiger partial charge in [-0.1, -0.05) is 60.1 Å². The Morgan fingerprint density at radius 1 is 1.00 bits per heavy atom. The van der Waals surface area contributed by atoms with E-state index in [0.29, 0.717) is 18.0 Å². The highest BCUT2D eigenvalue weighted by Gasteiger charge is 2.33. The van der Waals surface area contributed by atoms with E-state index in [1.54, 1.807) is 4.90 Å². The van der Waals surface area contributed by atoms with Crippen molar-refractivity contribution in [2.75, 3.05) is 6.54 Å². The van der Waals surface area contributed by atoms with E-state index < -0.39 is 0 Å². The molecule has 1 amide bonds. The molecule has 2 heterocycles. The van der Waals surface area contributed by atoms with E-state index in [2.05, 4.69) is 54.8 Å². The molecule has 4 nitrogen and oxygen atoms in total. The van der Waals surface area contributed by atoms with E-state index in [1.807, 2.05) is 50.3 Å². The SMILES string of the molecule is CCN1C(=O)/C(=C\c2c(C)n(Cc3ccccc3Cl)c3ccccc23)SC1=Nc1cc(C)ccc1C. The second-order valence-electron chi connectivity index (χ2n) is 9.04. The van der Waals surface area contributed by atoms with Crippen molar-refractivity contribution in [1.82, 2.24) is 9.47 Å². The minimum atomic E-state index is -0.00566. The van der Waals surface area contributed by atoms with Crippen LogP contribution in [-0.2, 0) is 11.3 Å². The van der Waals surface area contributed by atoms with Gasteiger partial charge in [0.2, 0.25) is 0 Å². The number of nitrogens with zero attached hydrogens (tertiary/aromatic N) is 3. The van der Waals surface area contributed by atoms with E-state index in [4.69, 9.17) is 16.6 Å². The van der Waals surface area contributed by atoms with E-state index in [9.17, 15) is 4.79 Å². The molecule has 0 atom stereocenters. The fraction of sp³-hybridized carbons (Fsp3) is 0.200. The maximum Gasteiger partial charge on any atom is 0.266 e. The van der Waals surface area contributed by atoms with Gasteiger partial charge in [0.1, 0.15) is 0 Å². The Hall–Kier alpha value is -3.28. The number of halogens is 1. The molecule has 0 bridgehead atoms. The molecule has 1 fully saturated rings. The molecule has 0 aliphatic carbocycles. The second kappa shape index (κ2) is 10.00. The Morgan fingerprint density at radius 2 is 1.75 bits per heavy atom. The largest absolute Gasteiger partial charge is 0.340 e. The molecule has 36 heavy (non-hydrogen) atoms. The Labute approximate surface area is 221 Å². The standard InChI is InChI=1S/C30H28ClN3OS/c1-5-33-29(35)28(36-30(33)32-26-16-19(2)14-15-20(26)3)17-24-21(4)34(27-13-9-7-11-23(24)27)18-22-10-6-8-12-25(22)31/h6-17H,5,18H2,1-4H3/b28-17+,32-30?. The molecule has 5 rings (SSSR count). The van der Waals surface area contributed by atoms with Crippen molar-refractivity contribution < 1.29 is 4.79 Å². The first-order valence-corrected chi connectivity index (χ1v) is 13.3. The van der Waals surface area contributed by atoms with Gasteiger partial charge in [-0.2, -0.15) is 0 Å². The van der Waals surface area contributed by atoms with Gasteiger partial charge in [-0.05, 0) is 80.4 Å². The van der Waals surface area contributed by atoms with Crippen LogP contribution in [-0.4, -0.2) is 27.1 Å². The van der Waals surface area contributed by atoms with Gasteiger partial charge >= 0.3 is 0 Å². The predicted molar refractivity (Wildman–Crippen MR) is 153 cm³/mol. The third kappa shape index (κ3) is 4.49. The van der Waals surface area contributed by atoms with Gasteiger partial charge in [0, 0.05) is 40.3 Å². The number of amides is 1. The lowest BCUT2D eigenvalue weighted by Crippen LogP contribution is -2.28. The molecule has 0 N–H and O–H groups in total. The number of fused-ring (bicyclic) bond motifs is 1. The van der Waals surface area contributed by atoms with Crippen LogP contribution in [0.1, 0.15) is 34.9 Å². The van der Waals surface area contributed by atoms with Gasteiger partial charge in [0.15, 0.2) is 5.17 Å². The van der Waals surface area contributed by atoms with Crippen LogP contribution in [0.25, 0.3) is 17.0 Å². The lowest BCUT2D eigenvalue weighted by Gasteiger charge is -2.12. The summed E-state index contributed by atoms with van der Waals surface area (Å²) in [5.41, 5.74) is 7.47. The summed E-state index contributed by atoms with van der Waals surface area (Å²) in [5.74, 6) is -0.00566. The maximum absolute atomic E-state index is 13.4. The smallest absolute Gasteiger partial charge is 0.266 e. The number of rotatable bonds is 5. The highest BCUT2D eigenvalue weighted by molar-refractivity contribution is 8.18. The van der Waals surface area contributed by atoms with Crippen LogP contribution >= 0.6 is 23.4 Å². The van der Waals surface area contributed by atoms with Crippen LogP contribution in [0.2, 0.25) is 5.02 Å². The summed E-state index contributed by atoms with van der Waals surface area (Å²) in [7, 11) is 0. The number of hydrogen-bond acceptors (Lipinski definition) is 3. The van der Waals surface area contributed by atoms with Crippen LogP contribution in [0.5, 0.6) is 0 Å². The molecule has 1 aliphatic heterocycles. The van der Waals surface area contributed by atoms with Gasteiger partial charge in [-0.15, -0.1) is 0 Å². The number of amidine groups is 1. The highest BCUT2D eigenvalue weighted by Crippen LogP contribution is 2.37. The molecule has 0 radical (unpaired) electrons. The summed E-state index contributed by atoms with van der Waals surface area (Å²) in [5, 5.41) is 2.59. The van der Waals surface area contributed by atoms with Crippen LogP contribution in [0.15, 0.2) is 76.6 Å². The summed E-state index contributed by atoms with van der Waals surface area (Å²) in [6.07, 6.45) is 2.03. The van der Waals surface area contributed by atoms with Crippen molar-refractivity contribution in [3.05, 3.63) is 105 Å². The van der Waals surface area contributed by atoms with Crippen LogP contribution in [0.4, 0.5) is 5.69 Å². The maximum atomic E-state index is 13.4. The number of thioether (sulfide) groups is 1. The molecular formula is C30H28ClN3OS. The number of hydrogen-bond donors (Lipinski definition) is 0. The number of carbonyl (C=O) groups is 1. The molecule has 1 saturated heterocycles. The van der Waals surface area contributed by atoms with E-state index >= 15 is 0 Å². The minimum absolute atomic E-state index is 0.00566. The molecule has 4 aromatic rings. The Morgan fingerprint density at radius 3 is 2.53 bits per heavy atom. The first-order valence-electron chi connectivity index (χ1n) is 12.1. The topological polar surface area (TPSA) is 37.6 Å². The molecule has 182 valence electrons. The molecule has 6 heteroatoms. The first-order chi connectivity index (χ1) is 17.4. The van der Waals surface area contributed by atoms with E-state index in [1.165, 1.54) is 11.8 Å². The summed E-state index contributed by atoms with van der Waals surface area (Å²) < 4.78 is 2.27. The summed E-state index contributed by atoms with van der Waals surface area (Å²) >= 11 is 7.93. The van der Waals surface area contributed by atoms with Crippen molar-refractivity contribution in [1.29, 1.82) is 0 Å². The third-order valence-corrected chi connectivity index (χ3v) is 8.00. The van der Waals surface area contributed by atoms with E-state index in [0.717, 1.165) is 54.7 Å². The number of para-hydroxylation sites is 1. The van der Waals surface area contributed by atoms with Crippen LogP contribution in [0.3, 0.4) is 0 Å². The molecule has 1 aliphatic rings. The zero-order chi connectivity index (χ0) is 25.4. The summed E-state index contributed by atoms with van der Waals surface area (Å²) in [6.45, 7) is 9.43. The fourth-order valence-electron chi connectivity index (χ4n) is 4.58. The Kier molecular flexibility index (Phi) is 6.78. The third-order valence-electron chi connectivity index (χ3n) is 6.63. The van der Waals surface area contributed by atoms with Gasteiger partial charge < -0.3 is 4.57 Å². The molecule has 3 aromatic carbocycles. The average Bonchev–Trinajstić information content (AvgIpc) is 3.31. The zero-order valence-corrected chi connectivity index (χ0v) is 22.5. The number of carbonyl (C=O) groups excluding carboxylic acids is 1. The number of aliphatic imine (C=N–C) groups is 1. The van der Waals surface area contributed by atoms with Gasteiger partial charge in [0.25, 0.3) is 5.91 Å². The zero-order valence-electron chi connectivity index (χ0n) is 20.9. The van der Waals surface area contributed by atoms with Crippen LogP contribution in [0, 0.1) is 20.8 Å². The van der Waals surface area contributed by atoms with E-state index in [-0.39, 0.29) is 5.91 Å². The van der Waals surface area contributed by atoms with Crippen LogP contribution < -0.4 is 0 Å². The Bertz CT molecular complexity index is 1550. The average molecular weight is 514 g/mol. The fourth-order valence-corrected chi connectivity index (χ4v) is 5.82. The molecule has 0 spiro atoms. The normalized spacial score (nSPS) is 16.1. The second-order valence-corrected chi connectivity index (χ2v) is 10.5. The highest BCUT2D eigenvalue weighted by atomic mass is 35.5. The van der Waals surface area contributed by atoms with Crippen molar-refractivity contribution in [2.24, 2.45) is 4.99 Å². The monoisotopic (exact) mass is 513 g/mol. The predicted octanol–water partition coefficient (Wildman–Crippen LogP) is 7.89. The van der Waals surface area contributed by atoms with Crippen molar-refractivity contribution in [3.8, 4) is 0 Å². The molecule has 0 unspecified atom stereocenters. The number of likely N-dealkylation sites (N-methyl/N-ethyl adjacent to an activating group) is 1. The first kappa shape index (κ1) is 24.4. The summed E-state index contributed by atoms with van der Waals surface area (Å²) in [6, 6.07) is 22.5. The summed E-state index contributed by atoms with van der Waals surface area (Å²) in [4.78, 5) is 20.8. The number of aryl methyl sites for hydroxylation is 2. The van der Waals surface area contributed by atoms with Gasteiger partial charge in [0.05, 0.1) is 10.6 Å².